The normalized spacial score (nSPS) is 38.0. The molecule has 0 spiro atoms. The molecule has 34 heavy (non-hydrogen) atoms. The van der Waals surface area contributed by atoms with E-state index < -0.39 is 5.41 Å². The SMILES string of the molecule is CC(=O)OCC[C@]1(C)[C@@H]([C@H](C)C=C[C@H](C)C(C)C)CC[C@H]1[C@@H]1CC=C2C[C@@H](O)CC[C@]2(C)C1=O. The molecule has 3 aliphatic rings. The number of esters is 1. The Hall–Kier alpha value is -1.42. The minimum Gasteiger partial charge on any atom is -0.466 e. The first-order valence-electron chi connectivity index (χ1n) is 13.6. The van der Waals surface area contributed by atoms with Crippen molar-refractivity contribution in [1.82, 2.24) is 0 Å². The van der Waals surface area contributed by atoms with E-state index in [0.29, 0.717) is 54.8 Å². The maximum Gasteiger partial charge on any atom is 0.302 e. The fourth-order valence-corrected chi connectivity index (χ4v) is 7.23. The number of carbonyl (C=O) groups excluding carboxylic acids is 2. The van der Waals surface area contributed by atoms with E-state index in [0.717, 1.165) is 37.7 Å². The van der Waals surface area contributed by atoms with Gasteiger partial charge >= 0.3 is 5.97 Å². The van der Waals surface area contributed by atoms with Crippen molar-refractivity contribution in [2.75, 3.05) is 6.61 Å². The van der Waals surface area contributed by atoms with Crippen molar-refractivity contribution >= 4 is 11.8 Å². The van der Waals surface area contributed by atoms with Crippen LogP contribution in [-0.2, 0) is 14.3 Å². The number of aliphatic hydroxyl groups is 1. The largest absolute Gasteiger partial charge is 0.466 e. The van der Waals surface area contributed by atoms with Crippen molar-refractivity contribution in [3.8, 4) is 0 Å². The fourth-order valence-electron chi connectivity index (χ4n) is 7.23. The van der Waals surface area contributed by atoms with Gasteiger partial charge in [-0.1, -0.05) is 58.4 Å². The van der Waals surface area contributed by atoms with Gasteiger partial charge in [0.2, 0.25) is 0 Å². The molecule has 0 radical (unpaired) electrons. The van der Waals surface area contributed by atoms with Gasteiger partial charge in [0.05, 0.1) is 12.7 Å². The van der Waals surface area contributed by atoms with Crippen molar-refractivity contribution in [2.24, 2.45) is 46.3 Å². The summed E-state index contributed by atoms with van der Waals surface area (Å²) in [6.45, 7) is 15.5. The highest BCUT2D eigenvalue weighted by Crippen LogP contribution is 2.59. The van der Waals surface area contributed by atoms with E-state index in [2.05, 4.69) is 59.8 Å². The molecule has 2 saturated carbocycles. The molecule has 192 valence electrons. The Morgan fingerprint density at radius 3 is 2.53 bits per heavy atom. The molecule has 0 aromatic heterocycles. The number of ether oxygens (including phenoxy) is 1. The van der Waals surface area contributed by atoms with Crippen LogP contribution < -0.4 is 0 Å². The van der Waals surface area contributed by atoms with Crippen LogP contribution in [0.25, 0.3) is 0 Å². The molecule has 0 aromatic rings. The van der Waals surface area contributed by atoms with E-state index >= 15 is 0 Å². The zero-order chi connectivity index (χ0) is 25.3. The second-order valence-corrected chi connectivity index (χ2v) is 12.4. The van der Waals surface area contributed by atoms with Crippen molar-refractivity contribution < 1.29 is 19.4 Å². The molecule has 0 bridgehead atoms. The number of hydrogen-bond acceptors (Lipinski definition) is 4. The third-order valence-corrected chi connectivity index (χ3v) is 9.96. The summed E-state index contributed by atoms with van der Waals surface area (Å²) in [6.07, 6.45) is 12.6. The Kier molecular flexibility index (Phi) is 8.54. The van der Waals surface area contributed by atoms with Gasteiger partial charge in [-0.25, -0.2) is 0 Å². The van der Waals surface area contributed by atoms with Crippen LogP contribution in [0.15, 0.2) is 23.8 Å². The molecular formula is C30H48O4. The summed E-state index contributed by atoms with van der Waals surface area (Å²) in [5, 5.41) is 10.2. The maximum atomic E-state index is 14.0. The molecular weight excluding hydrogens is 424 g/mol. The monoisotopic (exact) mass is 472 g/mol. The first kappa shape index (κ1) is 27.2. The number of aliphatic hydroxyl groups excluding tert-OH is 1. The van der Waals surface area contributed by atoms with Gasteiger partial charge in [-0.05, 0) is 86.9 Å². The number of fused-ring (bicyclic) bond motifs is 1. The van der Waals surface area contributed by atoms with E-state index in [-0.39, 0.29) is 23.4 Å². The molecule has 4 nitrogen and oxygen atoms in total. The lowest BCUT2D eigenvalue weighted by Gasteiger charge is -2.48. The topological polar surface area (TPSA) is 63.6 Å². The van der Waals surface area contributed by atoms with E-state index in [1.54, 1.807) is 0 Å². The van der Waals surface area contributed by atoms with Crippen molar-refractivity contribution in [3.05, 3.63) is 23.8 Å². The van der Waals surface area contributed by atoms with E-state index in [1.807, 2.05) is 0 Å². The summed E-state index contributed by atoms with van der Waals surface area (Å²) in [6, 6.07) is 0. The van der Waals surface area contributed by atoms with Gasteiger partial charge in [0.15, 0.2) is 0 Å². The predicted octanol–water partition coefficient (Wildman–Crippen LogP) is 6.52. The predicted molar refractivity (Wildman–Crippen MR) is 137 cm³/mol. The summed E-state index contributed by atoms with van der Waals surface area (Å²) in [7, 11) is 0. The molecule has 2 fully saturated rings. The minimum absolute atomic E-state index is 0.0158. The molecule has 0 amide bonds. The van der Waals surface area contributed by atoms with Crippen LogP contribution in [-0.4, -0.2) is 29.6 Å². The van der Waals surface area contributed by atoms with Crippen LogP contribution in [0, 0.1) is 46.3 Å². The van der Waals surface area contributed by atoms with Crippen LogP contribution in [0.5, 0.6) is 0 Å². The van der Waals surface area contributed by atoms with Gasteiger partial charge in [-0.3, -0.25) is 9.59 Å². The van der Waals surface area contributed by atoms with Gasteiger partial charge in [0, 0.05) is 18.3 Å². The highest BCUT2D eigenvalue weighted by atomic mass is 16.5. The van der Waals surface area contributed by atoms with E-state index in [9.17, 15) is 14.7 Å². The number of allylic oxidation sites excluding steroid dienone is 3. The summed E-state index contributed by atoms with van der Waals surface area (Å²) < 4.78 is 5.43. The highest BCUT2D eigenvalue weighted by Gasteiger charge is 2.55. The first-order chi connectivity index (χ1) is 15.9. The van der Waals surface area contributed by atoms with E-state index in [4.69, 9.17) is 4.74 Å². The second kappa shape index (κ2) is 10.7. The van der Waals surface area contributed by atoms with Gasteiger partial charge in [-0.15, -0.1) is 0 Å². The third-order valence-electron chi connectivity index (χ3n) is 9.96. The van der Waals surface area contributed by atoms with Crippen LogP contribution in [0.4, 0.5) is 0 Å². The first-order valence-corrected chi connectivity index (χ1v) is 13.6. The average Bonchev–Trinajstić information content (AvgIpc) is 3.10. The number of hydrogen-bond donors (Lipinski definition) is 1. The lowest BCUT2D eigenvalue weighted by molar-refractivity contribution is -0.143. The Morgan fingerprint density at radius 1 is 1.18 bits per heavy atom. The maximum absolute atomic E-state index is 14.0. The van der Waals surface area contributed by atoms with Gasteiger partial charge in [0.25, 0.3) is 0 Å². The van der Waals surface area contributed by atoms with E-state index in [1.165, 1.54) is 6.92 Å². The molecule has 8 atom stereocenters. The standard InChI is InChI=1S/C30H48O4/c1-19(2)20(3)8-9-21(4)26-12-13-27(30(26,7)16-17-34-22(5)31)25-11-10-23-18-24(32)14-15-29(23,6)28(25)33/h8-10,19-21,24-27,32H,11-18H2,1-7H3/t20-,21+,24-,25-,26+,27-,29-,30+/m0/s1. The minimum atomic E-state index is -0.421. The molecule has 3 aliphatic carbocycles. The summed E-state index contributed by atoms with van der Waals surface area (Å²) in [4.78, 5) is 25.5. The summed E-state index contributed by atoms with van der Waals surface area (Å²) in [5.41, 5.74) is 0.675. The zero-order valence-electron chi connectivity index (χ0n) is 22.6. The molecule has 4 heteroatoms. The number of carbonyl (C=O) groups is 2. The van der Waals surface area contributed by atoms with Crippen LogP contribution in [0.1, 0.15) is 93.4 Å². The lowest BCUT2D eigenvalue weighted by Crippen LogP contribution is -2.47. The summed E-state index contributed by atoms with van der Waals surface area (Å²) >= 11 is 0. The number of Topliss-reactive ketones (excluding diaryl/α,β-unsaturated/α-hetero) is 1. The van der Waals surface area contributed by atoms with Crippen LogP contribution in [0.3, 0.4) is 0 Å². The van der Waals surface area contributed by atoms with Crippen molar-refractivity contribution in [1.29, 1.82) is 0 Å². The quantitative estimate of drug-likeness (QED) is 0.322. The average molecular weight is 473 g/mol. The zero-order valence-corrected chi connectivity index (χ0v) is 22.6. The molecule has 3 rings (SSSR count). The Labute approximate surface area is 207 Å². The second-order valence-electron chi connectivity index (χ2n) is 12.4. The Morgan fingerprint density at radius 2 is 1.88 bits per heavy atom. The highest BCUT2D eigenvalue weighted by molar-refractivity contribution is 5.91. The third kappa shape index (κ3) is 5.37. The number of rotatable bonds is 8. The molecule has 0 aromatic carbocycles. The van der Waals surface area contributed by atoms with Gasteiger partial charge < -0.3 is 9.84 Å². The number of ketones is 1. The molecule has 0 aliphatic heterocycles. The Bertz CT molecular complexity index is 811. The Balaban J connectivity index is 1.87. The van der Waals surface area contributed by atoms with Crippen LogP contribution >= 0.6 is 0 Å². The van der Waals surface area contributed by atoms with Crippen molar-refractivity contribution in [2.45, 2.75) is 99.5 Å². The van der Waals surface area contributed by atoms with Gasteiger partial charge in [-0.2, -0.15) is 0 Å². The molecule has 1 N–H and O–H groups in total. The van der Waals surface area contributed by atoms with Crippen LogP contribution in [0.2, 0.25) is 0 Å². The molecule has 0 heterocycles. The van der Waals surface area contributed by atoms with Gasteiger partial charge in [0.1, 0.15) is 5.78 Å². The summed E-state index contributed by atoms with van der Waals surface area (Å²) in [5.74, 6) is 2.49. The van der Waals surface area contributed by atoms with Crippen molar-refractivity contribution in [3.63, 3.8) is 0 Å². The smallest absolute Gasteiger partial charge is 0.302 e. The molecule has 0 saturated heterocycles. The lowest BCUT2D eigenvalue weighted by atomic mass is 9.56. The molecule has 0 unspecified atom stereocenters. The fraction of sp³-hybridized carbons (Fsp3) is 0.800.